The van der Waals surface area contributed by atoms with Crippen LogP contribution in [0.1, 0.15) is 37.3 Å². The van der Waals surface area contributed by atoms with E-state index in [9.17, 15) is 4.39 Å². The summed E-state index contributed by atoms with van der Waals surface area (Å²) in [4.78, 5) is 2.52. The highest BCUT2D eigenvalue weighted by Gasteiger charge is 2.33. The predicted octanol–water partition coefficient (Wildman–Crippen LogP) is 3.81. The monoisotopic (exact) mass is 364 g/mol. The molecule has 1 atom stereocenters. The van der Waals surface area contributed by atoms with Crippen LogP contribution in [0.5, 0.6) is 5.75 Å². The van der Waals surface area contributed by atoms with E-state index in [4.69, 9.17) is 4.74 Å². The molecule has 1 heterocycles. The van der Waals surface area contributed by atoms with Gasteiger partial charge < -0.3 is 10.1 Å². The van der Waals surface area contributed by atoms with E-state index in [-0.39, 0.29) is 30.6 Å². The number of ether oxygens (including phenoxy) is 1. The van der Waals surface area contributed by atoms with Gasteiger partial charge >= 0.3 is 0 Å². The summed E-state index contributed by atoms with van der Waals surface area (Å²) in [6, 6.07) is 5.24. The zero-order chi connectivity index (χ0) is 14.7. The van der Waals surface area contributed by atoms with Crippen molar-refractivity contribution in [1.82, 2.24) is 10.2 Å². The average Bonchev–Trinajstić information content (AvgIpc) is 3.03. The van der Waals surface area contributed by atoms with E-state index < -0.39 is 0 Å². The molecule has 0 bridgehead atoms. The number of benzene rings is 1. The molecule has 1 saturated carbocycles. The molecule has 3 rings (SSSR count). The number of methoxy groups -OCH3 is 1. The first-order valence-corrected chi connectivity index (χ1v) is 8.08. The molecule has 1 aliphatic carbocycles. The highest BCUT2D eigenvalue weighted by molar-refractivity contribution is 5.85. The SMILES string of the molecule is COc1ccc(F)cc1[C@H](C1CCCC1)N1CCNCC1.Cl.Cl. The molecule has 0 aromatic heterocycles. The lowest BCUT2D eigenvalue weighted by atomic mass is 9.89. The van der Waals surface area contributed by atoms with Gasteiger partial charge in [-0.15, -0.1) is 24.8 Å². The third-order valence-electron chi connectivity index (χ3n) is 4.90. The zero-order valence-electron chi connectivity index (χ0n) is 13.6. The predicted molar refractivity (Wildman–Crippen MR) is 96.6 cm³/mol. The van der Waals surface area contributed by atoms with Crippen molar-refractivity contribution in [3.05, 3.63) is 29.6 Å². The van der Waals surface area contributed by atoms with Gasteiger partial charge in [-0.2, -0.15) is 0 Å². The highest BCUT2D eigenvalue weighted by atomic mass is 35.5. The smallest absolute Gasteiger partial charge is 0.123 e. The van der Waals surface area contributed by atoms with Crippen molar-refractivity contribution in [2.45, 2.75) is 31.7 Å². The Balaban J connectivity index is 0.00000132. The van der Waals surface area contributed by atoms with Crippen LogP contribution in [0.4, 0.5) is 4.39 Å². The molecule has 23 heavy (non-hydrogen) atoms. The fourth-order valence-electron chi connectivity index (χ4n) is 3.92. The van der Waals surface area contributed by atoms with Crippen LogP contribution in [-0.4, -0.2) is 38.2 Å². The molecule has 2 aliphatic rings. The summed E-state index contributed by atoms with van der Waals surface area (Å²) in [7, 11) is 1.68. The largest absolute Gasteiger partial charge is 0.496 e. The number of hydrogen-bond acceptors (Lipinski definition) is 3. The normalized spacial score (nSPS) is 20.4. The minimum Gasteiger partial charge on any atom is -0.496 e. The Labute approximate surface area is 150 Å². The summed E-state index contributed by atoms with van der Waals surface area (Å²) in [6.45, 7) is 4.09. The quantitative estimate of drug-likeness (QED) is 0.878. The molecular formula is C17H27Cl2FN2O. The maximum Gasteiger partial charge on any atom is 0.123 e. The summed E-state index contributed by atoms with van der Waals surface area (Å²) in [6.07, 6.45) is 5.08. The van der Waals surface area contributed by atoms with Gasteiger partial charge in [0.25, 0.3) is 0 Å². The molecule has 0 radical (unpaired) electrons. The molecule has 2 fully saturated rings. The number of nitrogens with one attached hydrogen (secondary N) is 1. The van der Waals surface area contributed by atoms with Crippen LogP contribution in [-0.2, 0) is 0 Å². The Morgan fingerprint density at radius 2 is 1.83 bits per heavy atom. The number of hydrogen-bond donors (Lipinski definition) is 1. The molecule has 3 nitrogen and oxygen atoms in total. The molecule has 1 aromatic rings. The molecule has 132 valence electrons. The molecule has 0 amide bonds. The number of piperazine rings is 1. The van der Waals surface area contributed by atoms with Gasteiger partial charge in [-0.25, -0.2) is 4.39 Å². The molecule has 0 spiro atoms. The van der Waals surface area contributed by atoms with Crippen molar-refractivity contribution in [3.63, 3.8) is 0 Å². The van der Waals surface area contributed by atoms with Crippen LogP contribution in [0.3, 0.4) is 0 Å². The molecule has 1 saturated heterocycles. The second-order valence-corrected chi connectivity index (χ2v) is 6.16. The highest BCUT2D eigenvalue weighted by Crippen LogP contribution is 2.42. The molecule has 6 heteroatoms. The second kappa shape index (κ2) is 9.67. The lowest BCUT2D eigenvalue weighted by molar-refractivity contribution is 0.123. The van der Waals surface area contributed by atoms with E-state index in [0.717, 1.165) is 37.5 Å². The number of rotatable bonds is 4. The Morgan fingerprint density at radius 3 is 2.43 bits per heavy atom. The van der Waals surface area contributed by atoms with Gasteiger partial charge in [-0.1, -0.05) is 12.8 Å². The molecule has 1 aliphatic heterocycles. The summed E-state index contributed by atoms with van der Waals surface area (Å²) < 4.78 is 19.3. The lowest BCUT2D eigenvalue weighted by Gasteiger charge is -2.39. The van der Waals surface area contributed by atoms with E-state index >= 15 is 0 Å². The lowest BCUT2D eigenvalue weighted by Crippen LogP contribution is -2.46. The van der Waals surface area contributed by atoms with Gasteiger partial charge in [-0.3, -0.25) is 4.90 Å². The van der Waals surface area contributed by atoms with Crippen LogP contribution in [0.25, 0.3) is 0 Å². The molecular weight excluding hydrogens is 338 g/mol. The van der Waals surface area contributed by atoms with Crippen molar-refractivity contribution >= 4 is 24.8 Å². The summed E-state index contributed by atoms with van der Waals surface area (Å²) in [5.74, 6) is 1.29. The third-order valence-corrected chi connectivity index (χ3v) is 4.90. The Bertz CT molecular complexity index is 478. The minimum absolute atomic E-state index is 0. The number of halogens is 3. The van der Waals surface area contributed by atoms with E-state index in [1.54, 1.807) is 19.2 Å². The summed E-state index contributed by atoms with van der Waals surface area (Å²) >= 11 is 0. The Kier molecular flexibility index (Phi) is 8.62. The van der Waals surface area contributed by atoms with Crippen molar-refractivity contribution in [2.24, 2.45) is 5.92 Å². The van der Waals surface area contributed by atoms with Crippen LogP contribution in [0, 0.1) is 11.7 Å². The van der Waals surface area contributed by atoms with Crippen LogP contribution < -0.4 is 10.1 Å². The van der Waals surface area contributed by atoms with Crippen molar-refractivity contribution in [3.8, 4) is 5.75 Å². The van der Waals surface area contributed by atoms with Crippen molar-refractivity contribution in [2.75, 3.05) is 33.3 Å². The van der Waals surface area contributed by atoms with Gasteiger partial charge in [0.05, 0.1) is 7.11 Å². The first-order chi connectivity index (χ1) is 10.3. The first kappa shape index (κ1) is 20.5. The van der Waals surface area contributed by atoms with E-state index in [0.29, 0.717) is 12.0 Å². The van der Waals surface area contributed by atoms with Gasteiger partial charge in [0.15, 0.2) is 0 Å². The van der Waals surface area contributed by atoms with Gasteiger partial charge in [0.2, 0.25) is 0 Å². The van der Waals surface area contributed by atoms with Gasteiger partial charge in [-0.05, 0) is 37.0 Å². The zero-order valence-corrected chi connectivity index (χ0v) is 15.2. The maximum atomic E-state index is 13.8. The molecule has 1 aromatic carbocycles. The average molecular weight is 365 g/mol. The Morgan fingerprint density at radius 1 is 1.17 bits per heavy atom. The number of nitrogens with zero attached hydrogens (tertiary/aromatic N) is 1. The van der Waals surface area contributed by atoms with Gasteiger partial charge in [0.1, 0.15) is 11.6 Å². The van der Waals surface area contributed by atoms with Gasteiger partial charge in [0, 0.05) is 37.8 Å². The van der Waals surface area contributed by atoms with Crippen LogP contribution in [0.2, 0.25) is 0 Å². The standard InChI is InChI=1S/C17H25FN2O.2ClH/c1-21-16-7-6-14(18)12-15(16)17(13-4-2-3-5-13)20-10-8-19-9-11-20;;/h6-7,12-13,17,19H,2-5,8-11H2,1H3;2*1H/t17-;;/m0../s1. The van der Waals surface area contributed by atoms with E-state index in [1.165, 1.54) is 31.7 Å². The van der Waals surface area contributed by atoms with Crippen LogP contribution >= 0.6 is 24.8 Å². The topological polar surface area (TPSA) is 24.5 Å². The minimum atomic E-state index is -0.163. The first-order valence-electron chi connectivity index (χ1n) is 8.08. The van der Waals surface area contributed by atoms with E-state index in [2.05, 4.69) is 10.2 Å². The van der Waals surface area contributed by atoms with E-state index in [1.807, 2.05) is 0 Å². The fraction of sp³-hybridized carbons (Fsp3) is 0.647. The van der Waals surface area contributed by atoms with Crippen LogP contribution in [0.15, 0.2) is 18.2 Å². The van der Waals surface area contributed by atoms with Crippen molar-refractivity contribution < 1.29 is 9.13 Å². The summed E-state index contributed by atoms with van der Waals surface area (Å²) in [5.41, 5.74) is 1.03. The second-order valence-electron chi connectivity index (χ2n) is 6.16. The van der Waals surface area contributed by atoms with Crippen molar-refractivity contribution in [1.29, 1.82) is 0 Å². The molecule has 1 N–H and O–H groups in total. The fourth-order valence-corrected chi connectivity index (χ4v) is 3.92. The third kappa shape index (κ3) is 4.72. The summed E-state index contributed by atoms with van der Waals surface area (Å²) in [5, 5.41) is 3.40. The molecule has 0 unspecified atom stereocenters. The Hall–Kier alpha value is -0.550. The maximum absolute atomic E-state index is 13.8.